The fourth-order valence-corrected chi connectivity index (χ4v) is 4.59. The van der Waals surface area contributed by atoms with Crippen LogP contribution in [0.4, 0.5) is 5.69 Å². The molecule has 1 amide bonds. The standard InChI is InChI=1S/C26H21ClN4O2S/c1-18-12-13-20(16-22(18)27)31-25(33)21-10-5-6-11-23(21)29-26(31)34-17-24(32)30(15-7-14-28)19-8-3-2-4-9-19/h2-6,8-13,16H,7,15,17H2,1H3. The van der Waals surface area contributed by atoms with Crippen LogP contribution in [-0.2, 0) is 4.79 Å². The first kappa shape index (κ1) is 23.6. The SMILES string of the molecule is Cc1ccc(-n2c(SCC(=O)N(CCC#N)c3ccccc3)nc3ccccc3c2=O)cc1Cl. The minimum atomic E-state index is -0.232. The minimum absolute atomic E-state index is 0.0463. The molecule has 0 atom stereocenters. The number of benzene rings is 3. The van der Waals surface area contributed by atoms with Gasteiger partial charge >= 0.3 is 0 Å². The van der Waals surface area contributed by atoms with Gasteiger partial charge in [0.05, 0.1) is 34.8 Å². The molecule has 6 nitrogen and oxygen atoms in total. The third kappa shape index (κ3) is 4.98. The van der Waals surface area contributed by atoms with E-state index in [-0.39, 0.29) is 30.2 Å². The first-order chi connectivity index (χ1) is 16.5. The number of rotatable bonds is 7. The van der Waals surface area contributed by atoms with Crippen LogP contribution in [-0.4, -0.2) is 27.8 Å². The number of thioether (sulfide) groups is 1. The molecule has 0 saturated heterocycles. The van der Waals surface area contributed by atoms with Gasteiger partial charge in [0.1, 0.15) is 0 Å². The minimum Gasteiger partial charge on any atom is -0.311 e. The number of anilines is 1. The fraction of sp³-hybridized carbons (Fsp3) is 0.154. The average molecular weight is 489 g/mol. The zero-order valence-electron chi connectivity index (χ0n) is 18.4. The molecule has 0 aliphatic heterocycles. The number of carbonyl (C=O) groups excluding carboxylic acids is 1. The number of aromatic nitrogens is 2. The molecular weight excluding hydrogens is 468 g/mol. The molecule has 0 aliphatic rings. The van der Waals surface area contributed by atoms with Crippen molar-refractivity contribution in [3.05, 3.63) is 93.7 Å². The van der Waals surface area contributed by atoms with Crippen molar-refractivity contribution in [3.63, 3.8) is 0 Å². The molecule has 1 aromatic heterocycles. The van der Waals surface area contributed by atoms with Gasteiger partial charge in [0.25, 0.3) is 5.56 Å². The molecule has 4 rings (SSSR count). The second-order valence-electron chi connectivity index (χ2n) is 7.56. The lowest BCUT2D eigenvalue weighted by atomic mass is 10.2. The van der Waals surface area contributed by atoms with Gasteiger partial charge in [-0.05, 0) is 48.9 Å². The fourth-order valence-electron chi connectivity index (χ4n) is 3.53. The summed E-state index contributed by atoms with van der Waals surface area (Å²) < 4.78 is 1.49. The van der Waals surface area contributed by atoms with Crippen LogP contribution >= 0.6 is 23.4 Å². The van der Waals surface area contributed by atoms with Crippen LogP contribution < -0.4 is 10.5 Å². The van der Waals surface area contributed by atoms with Crippen LogP contribution in [0.1, 0.15) is 12.0 Å². The van der Waals surface area contributed by atoms with Crippen LogP contribution in [0.3, 0.4) is 0 Å². The van der Waals surface area contributed by atoms with Crippen LogP contribution in [0.5, 0.6) is 0 Å². The van der Waals surface area contributed by atoms with E-state index >= 15 is 0 Å². The molecule has 1 heterocycles. The number of hydrogen-bond acceptors (Lipinski definition) is 5. The molecule has 34 heavy (non-hydrogen) atoms. The quantitative estimate of drug-likeness (QED) is 0.257. The Balaban J connectivity index is 1.72. The van der Waals surface area contributed by atoms with Crippen molar-refractivity contribution < 1.29 is 4.79 Å². The van der Waals surface area contributed by atoms with Crippen LogP contribution in [0.15, 0.2) is 82.7 Å². The number of nitrogens with zero attached hydrogens (tertiary/aromatic N) is 4. The summed E-state index contributed by atoms with van der Waals surface area (Å²) >= 11 is 7.52. The summed E-state index contributed by atoms with van der Waals surface area (Å²) in [6.07, 6.45) is 0.214. The highest BCUT2D eigenvalue weighted by Gasteiger charge is 2.19. The molecular formula is C26H21ClN4O2S. The van der Waals surface area contributed by atoms with Crippen molar-refractivity contribution in [3.8, 4) is 11.8 Å². The van der Waals surface area contributed by atoms with Gasteiger partial charge in [-0.3, -0.25) is 14.2 Å². The lowest BCUT2D eigenvalue weighted by molar-refractivity contribution is -0.116. The lowest BCUT2D eigenvalue weighted by Crippen LogP contribution is -2.33. The van der Waals surface area contributed by atoms with Crippen molar-refractivity contribution >= 4 is 45.9 Å². The zero-order valence-corrected chi connectivity index (χ0v) is 20.0. The number of nitriles is 1. The maximum atomic E-state index is 13.4. The van der Waals surface area contributed by atoms with Crippen molar-refractivity contribution in [1.29, 1.82) is 5.26 Å². The van der Waals surface area contributed by atoms with Crippen LogP contribution in [0, 0.1) is 18.3 Å². The van der Waals surface area contributed by atoms with Gasteiger partial charge in [0.15, 0.2) is 5.16 Å². The predicted octanol–water partition coefficient (Wildman–Crippen LogP) is 5.39. The Bertz CT molecular complexity index is 1450. The van der Waals surface area contributed by atoms with E-state index in [4.69, 9.17) is 21.8 Å². The Hall–Kier alpha value is -3.60. The smallest absolute Gasteiger partial charge is 0.266 e. The molecule has 8 heteroatoms. The van der Waals surface area contributed by atoms with Gasteiger partial charge in [0, 0.05) is 17.3 Å². The summed E-state index contributed by atoms with van der Waals surface area (Å²) in [6, 6.07) is 23.8. The van der Waals surface area contributed by atoms with Gasteiger partial charge in [-0.1, -0.05) is 59.8 Å². The summed E-state index contributed by atoms with van der Waals surface area (Å²) in [5.74, 6) is -0.132. The summed E-state index contributed by atoms with van der Waals surface area (Å²) in [5, 5.41) is 10.4. The number of amides is 1. The van der Waals surface area contributed by atoms with E-state index < -0.39 is 0 Å². The highest BCUT2D eigenvalue weighted by Crippen LogP contribution is 2.25. The second-order valence-corrected chi connectivity index (χ2v) is 8.91. The lowest BCUT2D eigenvalue weighted by Gasteiger charge is -2.22. The van der Waals surface area contributed by atoms with E-state index in [9.17, 15) is 9.59 Å². The number of aryl methyl sites for hydroxylation is 1. The molecule has 170 valence electrons. The average Bonchev–Trinajstić information content (AvgIpc) is 2.85. The van der Waals surface area contributed by atoms with Crippen molar-refractivity contribution in [1.82, 2.24) is 9.55 Å². The van der Waals surface area contributed by atoms with E-state index in [1.54, 1.807) is 29.2 Å². The maximum absolute atomic E-state index is 13.4. The predicted molar refractivity (Wildman–Crippen MR) is 137 cm³/mol. The maximum Gasteiger partial charge on any atom is 0.266 e. The highest BCUT2D eigenvalue weighted by atomic mass is 35.5. The summed E-state index contributed by atoms with van der Waals surface area (Å²) in [4.78, 5) is 32.9. The van der Waals surface area contributed by atoms with E-state index in [1.165, 1.54) is 16.3 Å². The molecule has 0 radical (unpaired) electrons. The molecule has 0 unspecified atom stereocenters. The molecule has 3 aromatic carbocycles. The second kappa shape index (κ2) is 10.6. The van der Waals surface area contributed by atoms with E-state index in [2.05, 4.69) is 6.07 Å². The van der Waals surface area contributed by atoms with Gasteiger partial charge in [0.2, 0.25) is 5.91 Å². The molecule has 0 N–H and O–H groups in total. The Kier molecular flexibility index (Phi) is 7.31. The number of carbonyl (C=O) groups is 1. The van der Waals surface area contributed by atoms with Crippen LogP contribution in [0.25, 0.3) is 16.6 Å². The first-order valence-electron chi connectivity index (χ1n) is 10.6. The Morgan fingerprint density at radius 1 is 1.12 bits per heavy atom. The third-order valence-corrected chi connectivity index (χ3v) is 6.63. The zero-order chi connectivity index (χ0) is 24.1. The van der Waals surface area contributed by atoms with Crippen molar-refractivity contribution in [2.24, 2.45) is 0 Å². The molecule has 0 fully saturated rings. The Morgan fingerprint density at radius 2 is 1.85 bits per heavy atom. The molecule has 0 bridgehead atoms. The van der Waals surface area contributed by atoms with Gasteiger partial charge in [-0.2, -0.15) is 5.26 Å². The normalized spacial score (nSPS) is 10.7. The number of para-hydroxylation sites is 2. The monoisotopic (exact) mass is 488 g/mol. The Labute approximate surface area is 206 Å². The molecule has 0 aliphatic carbocycles. The highest BCUT2D eigenvalue weighted by molar-refractivity contribution is 7.99. The van der Waals surface area contributed by atoms with Crippen molar-refractivity contribution in [2.75, 3.05) is 17.2 Å². The van der Waals surface area contributed by atoms with Gasteiger partial charge in [-0.15, -0.1) is 0 Å². The largest absolute Gasteiger partial charge is 0.311 e. The molecule has 0 saturated carbocycles. The molecule has 4 aromatic rings. The first-order valence-corrected chi connectivity index (χ1v) is 12.0. The van der Waals surface area contributed by atoms with Crippen LogP contribution in [0.2, 0.25) is 5.02 Å². The summed E-state index contributed by atoms with van der Waals surface area (Å²) in [7, 11) is 0. The van der Waals surface area contributed by atoms with E-state index in [1.807, 2.05) is 55.5 Å². The third-order valence-electron chi connectivity index (χ3n) is 5.30. The van der Waals surface area contributed by atoms with Crippen molar-refractivity contribution in [2.45, 2.75) is 18.5 Å². The van der Waals surface area contributed by atoms with Gasteiger partial charge in [-0.25, -0.2) is 4.98 Å². The summed E-state index contributed by atoms with van der Waals surface area (Å²) in [6.45, 7) is 2.17. The summed E-state index contributed by atoms with van der Waals surface area (Å²) in [5.41, 5.74) is 2.52. The van der Waals surface area contributed by atoms with Gasteiger partial charge < -0.3 is 4.90 Å². The molecule has 0 spiro atoms. The number of halogens is 1. The Morgan fingerprint density at radius 3 is 2.59 bits per heavy atom. The van der Waals surface area contributed by atoms with E-state index in [0.29, 0.717) is 26.8 Å². The van der Waals surface area contributed by atoms with E-state index in [0.717, 1.165) is 11.3 Å². The number of fused-ring (bicyclic) bond motifs is 1. The topological polar surface area (TPSA) is 79.0 Å². The number of hydrogen-bond donors (Lipinski definition) is 0.